The summed E-state index contributed by atoms with van der Waals surface area (Å²) in [6.45, 7) is 0. The zero-order chi connectivity index (χ0) is 13.2. The number of aliphatic hydroxyl groups is 1. The summed E-state index contributed by atoms with van der Waals surface area (Å²) in [5, 5.41) is 13.4. The van der Waals surface area contributed by atoms with Crippen LogP contribution in [0.25, 0.3) is 10.8 Å². The van der Waals surface area contributed by atoms with Crippen LogP contribution in [0.2, 0.25) is 5.02 Å². The molecular weight excluding hydrogens is 256 g/mol. The van der Waals surface area contributed by atoms with E-state index in [1.165, 1.54) is 5.39 Å². The van der Waals surface area contributed by atoms with E-state index in [2.05, 4.69) is 6.07 Å². The molecule has 0 spiro atoms. The zero-order valence-corrected chi connectivity index (χ0v) is 11.0. The predicted molar refractivity (Wildman–Crippen MR) is 79.5 cm³/mol. The maximum Gasteiger partial charge on any atom is 0.104 e. The molecule has 1 nitrogen and oxygen atoms in total. The Morgan fingerprint density at radius 2 is 1.37 bits per heavy atom. The second-order valence-electron chi connectivity index (χ2n) is 4.56. The number of hydrogen-bond donors (Lipinski definition) is 1. The van der Waals surface area contributed by atoms with E-state index >= 15 is 0 Å². The first kappa shape index (κ1) is 12.2. The summed E-state index contributed by atoms with van der Waals surface area (Å²) in [4.78, 5) is 0. The average molecular weight is 269 g/mol. The molecule has 0 amide bonds. The number of hydrogen-bond acceptors (Lipinski definition) is 1. The summed E-state index contributed by atoms with van der Waals surface area (Å²) in [6.07, 6.45) is -0.623. The predicted octanol–water partition coefficient (Wildman–Crippen LogP) is 4.57. The molecule has 94 valence electrons. The fourth-order valence-electron chi connectivity index (χ4n) is 2.22. The van der Waals surface area contributed by atoms with Crippen molar-refractivity contribution in [3.05, 3.63) is 82.9 Å². The molecule has 0 aliphatic carbocycles. The Labute approximate surface area is 117 Å². The smallest absolute Gasteiger partial charge is 0.104 e. The van der Waals surface area contributed by atoms with Crippen molar-refractivity contribution in [3.8, 4) is 0 Å². The molecule has 0 aliphatic rings. The monoisotopic (exact) mass is 268 g/mol. The Morgan fingerprint density at radius 1 is 0.737 bits per heavy atom. The van der Waals surface area contributed by atoms with Crippen LogP contribution in [0.15, 0.2) is 66.7 Å². The van der Waals surface area contributed by atoms with E-state index < -0.39 is 6.10 Å². The van der Waals surface area contributed by atoms with Crippen molar-refractivity contribution >= 4 is 22.4 Å². The minimum absolute atomic E-state index is 0.623. The van der Waals surface area contributed by atoms with Crippen molar-refractivity contribution in [2.45, 2.75) is 6.10 Å². The van der Waals surface area contributed by atoms with Gasteiger partial charge in [-0.1, -0.05) is 60.1 Å². The van der Waals surface area contributed by atoms with Crippen molar-refractivity contribution in [2.75, 3.05) is 0 Å². The first-order valence-electron chi connectivity index (χ1n) is 6.16. The van der Waals surface area contributed by atoms with Crippen molar-refractivity contribution < 1.29 is 5.11 Å². The van der Waals surface area contributed by atoms with E-state index in [4.69, 9.17) is 11.6 Å². The quantitative estimate of drug-likeness (QED) is 0.722. The van der Waals surface area contributed by atoms with E-state index in [1.54, 1.807) is 12.1 Å². The number of benzene rings is 3. The summed E-state index contributed by atoms with van der Waals surface area (Å²) in [6, 6.07) is 21.4. The molecule has 0 radical (unpaired) electrons. The molecule has 2 heteroatoms. The number of aliphatic hydroxyl groups excluding tert-OH is 1. The second-order valence-corrected chi connectivity index (χ2v) is 5.00. The van der Waals surface area contributed by atoms with Crippen LogP contribution in [0.4, 0.5) is 0 Å². The Balaban J connectivity index is 2.01. The van der Waals surface area contributed by atoms with E-state index in [0.717, 1.165) is 16.5 Å². The standard InChI is InChI=1S/C17H13ClO/c18-16-9-7-13(8-10-16)17(19)15-6-5-12-3-1-2-4-14(12)11-15/h1-11,17,19H. The van der Waals surface area contributed by atoms with Crippen molar-refractivity contribution in [1.29, 1.82) is 0 Å². The molecule has 0 heterocycles. The van der Waals surface area contributed by atoms with Crippen LogP contribution in [0, 0.1) is 0 Å². The zero-order valence-electron chi connectivity index (χ0n) is 10.3. The Morgan fingerprint density at radius 3 is 2.11 bits per heavy atom. The minimum Gasteiger partial charge on any atom is -0.384 e. The highest BCUT2D eigenvalue weighted by molar-refractivity contribution is 6.30. The highest BCUT2D eigenvalue weighted by atomic mass is 35.5. The lowest BCUT2D eigenvalue weighted by Crippen LogP contribution is -1.99. The Kier molecular flexibility index (Phi) is 3.24. The summed E-state index contributed by atoms with van der Waals surface area (Å²) < 4.78 is 0. The molecule has 0 fully saturated rings. The third kappa shape index (κ3) is 2.48. The van der Waals surface area contributed by atoms with Gasteiger partial charge in [-0.05, 0) is 40.1 Å². The lowest BCUT2D eigenvalue weighted by molar-refractivity contribution is 0.220. The molecule has 3 aromatic rings. The molecule has 0 saturated carbocycles. The van der Waals surface area contributed by atoms with Gasteiger partial charge in [0.15, 0.2) is 0 Å². The maximum absolute atomic E-state index is 10.4. The van der Waals surface area contributed by atoms with Crippen LogP contribution in [0.5, 0.6) is 0 Å². The largest absolute Gasteiger partial charge is 0.384 e. The van der Waals surface area contributed by atoms with Gasteiger partial charge in [0, 0.05) is 5.02 Å². The second kappa shape index (κ2) is 5.04. The fourth-order valence-corrected chi connectivity index (χ4v) is 2.34. The SMILES string of the molecule is OC(c1ccc(Cl)cc1)c1ccc2ccccc2c1. The van der Waals surface area contributed by atoms with Crippen LogP contribution in [0.1, 0.15) is 17.2 Å². The van der Waals surface area contributed by atoms with Crippen LogP contribution in [0.3, 0.4) is 0 Å². The molecule has 0 aromatic heterocycles. The molecule has 0 saturated heterocycles. The molecule has 1 N–H and O–H groups in total. The van der Waals surface area contributed by atoms with Gasteiger partial charge in [0.05, 0.1) is 0 Å². The lowest BCUT2D eigenvalue weighted by atomic mass is 9.99. The third-order valence-electron chi connectivity index (χ3n) is 3.28. The van der Waals surface area contributed by atoms with Gasteiger partial charge in [-0.3, -0.25) is 0 Å². The molecule has 3 rings (SSSR count). The summed E-state index contributed by atoms with van der Waals surface area (Å²) in [7, 11) is 0. The molecule has 3 aromatic carbocycles. The first-order chi connectivity index (χ1) is 9.24. The Hall–Kier alpha value is -1.83. The van der Waals surface area contributed by atoms with Gasteiger partial charge in [-0.15, -0.1) is 0 Å². The number of halogens is 1. The normalized spacial score (nSPS) is 12.5. The molecular formula is C17H13ClO. The average Bonchev–Trinajstić information content (AvgIpc) is 2.47. The van der Waals surface area contributed by atoms with Crippen molar-refractivity contribution in [3.63, 3.8) is 0 Å². The van der Waals surface area contributed by atoms with Gasteiger partial charge in [0.1, 0.15) is 6.10 Å². The van der Waals surface area contributed by atoms with Gasteiger partial charge in [-0.2, -0.15) is 0 Å². The minimum atomic E-state index is -0.623. The van der Waals surface area contributed by atoms with Crippen LogP contribution < -0.4 is 0 Å². The van der Waals surface area contributed by atoms with Gasteiger partial charge < -0.3 is 5.11 Å². The van der Waals surface area contributed by atoms with E-state index in [1.807, 2.05) is 48.5 Å². The molecule has 0 bridgehead atoms. The van der Waals surface area contributed by atoms with Gasteiger partial charge in [-0.25, -0.2) is 0 Å². The van der Waals surface area contributed by atoms with Crippen LogP contribution in [-0.4, -0.2) is 5.11 Å². The number of rotatable bonds is 2. The highest BCUT2D eigenvalue weighted by Gasteiger charge is 2.10. The molecule has 1 unspecified atom stereocenters. The van der Waals surface area contributed by atoms with Crippen LogP contribution >= 0.6 is 11.6 Å². The van der Waals surface area contributed by atoms with Crippen LogP contribution in [-0.2, 0) is 0 Å². The van der Waals surface area contributed by atoms with E-state index in [9.17, 15) is 5.11 Å². The summed E-state index contributed by atoms with van der Waals surface area (Å²) >= 11 is 5.86. The van der Waals surface area contributed by atoms with E-state index in [-0.39, 0.29) is 0 Å². The Bertz CT molecular complexity index is 704. The molecule has 1 atom stereocenters. The van der Waals surface area contributed by atoms with Gasteiger partial charge >= 0.3 is 0 Å². The molecule has 0 aliphatic heterocycles. The lowest BCUT2D eigenvalue weighted by Gasteiger charge is -2.12. The topological polar surface area (TPSA) is 20.2 Å². The maximum atomic E-state index is 10.4. The fraction of sp³-hybridized carbons (Fsp3) is 0.0588. The number of fused-ring (bicyclic) bond motifs is 1. The third-order valence-corrected chi connectivity index (χ3v) is 3.53. The van der Waals surface area contributed by atoms with Gasteiger partial charge in [0.25, 0.3) is 0 Å². The summed E-state index contributed by atoms with van der Waals surface area (Å²) in [5.41, 5.74) is 1.74. The van der Waals surface area contributed by atoms with Crippen molar-refractivity contribution in [1.82, 2.24) is 0 Å². The first-order valence-corrected chi connectivity index (χ1v) is 6.54. The highest BCUT2D eigenvalue weighted by Crippen LogP contribution is 2.26. The van der Waals surface area contributed by atoms with Gasteiger partial charge in [0.2, 0.25) is 0 Å². The van der Waals surface area contributed by atoms with Crippen molar-refractivity contribution in [2.24, 2.45) is 0 Å². The summed E-state index contributed by atoms with van der Waals surface area (Å²) in [5.74, 6) is 0. The molecule has 19 heavy (non-hydrogen) atoms. The van der Waals surface area contributed by atoms with E-state index in [0.29, 0.717) is 5.02 Å².